The summed E-state index contributed by atoms with van der Waals surface area (Å²) in [6, 6.07) is 3.52. The van der Waals surface area contributed by atoms with Crippen molar-refractivity contribution in [2.75, 3.05) is 27.4 Å². The maximum atomic E-state index is 12.6. The molecule has 8 heteroatoms. The van der Waals surface area contributed by atoms with Crippen LogP contribution in [0.25, 0.3) is 11.4 Å². The van der Waals surface area contributed by atoms with E-state index in [-0.39, 0.29) is 41.7 Å². The topological polar surface area (TPSA) is 79.7 Å². The molecule has 1 aliphatic rings. The molecular weight excluding hydrogens is 416 g/mol. The van der Waals surface area contributed by atoms with Gasteiger partial charge in [-0.2, -0.15) is 13.5 Å². The van der Waals surface area contributed by atoms with Gasteiger partial charge in [0.15, 0.2) is 17.0 Å². The summed E-state index contributed by atoms with van der Waals surface area (Å²) in [5.41, 5.74) is 2.16. The zero-order valence-corrected chi connectivity index (χ0v) is 20.1. The molecule has 3 heterocycles. The Bertz CT molecular complexity index is 1010. The first-order chi connectivity index (χ1) is 14.2. The number of fused-ring (bicyclic) bond motifs is 3. The molecule has 0 saturated carbocycles. The van der Waals surface area contributed by atoms with Crippen LogP contribution in [-0.4, -0.2) is 42.8 Å². The minimum atomic E-state index is -0.296. The molecule has 2 aromatic rings. The Kier molecular flexibility index (Phi) is 7.94. The Balaban J connectivity index is 0.00000341. The zero-order valence-electron chi connectivity index (χ0n) is 19.1. The second-order valence-electron chi connectivity index (χ2n) is 8.68. The number of carbonyl (C=O) groups is 1. The van der Waals surface area contributed by atoms with Crippen molar-refractivity contribution in [2.24, 2.45) is 5.41 Å². The summed E-state index contributed by atoms with van der Waals surface area (Å²) in [5.74, 6) is 0.713. The van der Waals surface area contributed by atoms with Crippen LogP contribution in [0.4, 0.5) is 0 Å². The Morgan fingerprint density at radius 2 is 1.94 bits per heavy atom. The van der Waals surface area contributed by atoms with Crippen LogP contribution >= 0.6 is 13.5 Å². The van der Waals surface area contributed by atoms with Crippen molar-refractivity contribution < 1.29 is 19.0 Å². The predicted molar refractivity (Wildman–Crippen MR) is 125 cm³/mol. The van der Waals surface area contributed by atoms with Gasteiger partial charge >= 0.3 is 0 Å². The smallest absolute Gasteiger partial charge is 0.257 e. The largest absolute Gasteiger partial charge is 0.488 e. The molecule has 0 aliphatic carbocycles. The van der Waals surface area contributed by atoms with Crippen molar-refractivity contribution in [3.63, 3.8) is 0 Å². The molecule has 31 heavy (non-hydrogen) atoms. The van der Waals surface area contributed by atoms with Crippen LogP contribution in [0, 0.1) is 5.41 Å². The summed E-state index contributed by atoms with van der Waals surface area (Å²) >= 11 is 0. The second-order valence-corrected chi connectivity index (χ2v) is 8.68. The van der Waals surface area contributed by atoms with E-state index < -0.39 is 0 Å². The molecular formula is C23H32N2O5S. The summed E-state index contributed by atoms with van der Waals surface area (Å²) < 4.78 is 18.5. The number of nitrogens with zero attached hydrogens (tertiary/aromatic N) is 2. The number of ether oxygens (including phenoxy) is 3. The van der Waals surface area contributed by atoms with Crippen molar-refractivity contribution in [1.29, 1.82) is 0 Å². The van der Waals surface area contributed by atoms with Crippen molar-refractivity contribution >= 4 is 19.3 Å². The average molecular weight is 449 g/mol. The van der Waals surface area contributed by atoms with Gasteiger partial charge in [0.2, 0.25) is 0 Å². The van der Waals surface area contributed by atoms with E-state index in [0.717, 1.165) is 12.0 Å². The van der Waals surface area contributed by atoms with Gasteiger partial charge in [-0.3, -0.25) is 9.59 Å². The van der Waals surface area contributed by atoms with E-state index in [4.69, 9.17) is 14.2 Å². The van der Waals surface area contributed by atoms with Crippen molar-refractivity contribution in [3.8, 4) is 23.0 Å². The van der Waals surface area contributed by atoms with Crippen LogP contribution in [0.2, 0.25) is 0 Å². The van der Waals surface area contributed by atoms with E-state index >= 15 is 0 Å². The van der Waals surface area contributed by atoms with Gasteiger partial charge in [0.25, 0.3) is 5.88 Å². The zero-order chi connectivity index (χ0) is 22.1. The molecule has 0 radical (unpaired) electrons. The molecule has 1 aliphatic heterocycles. The number of carbonyl (C=O) groups excluding carboxylic acids is 1. The molecule has 0 amide bonds. The first kappa shape index (κ1) is 24.9. The molecule has 170 valence electrons. The van der Waals surface area contributed by atoms with E-state index in [2.05, 4.69) is 25.8 Å². The molecule has 0 aromatic carbocycles. The number of ketones is 1. The normalized spacial score (nSPS) is 14.8. The van der Waals surface area contributed by atoms with E-state index in [1.165, 1.54) is 13.0 Å². The van der Waals surface area contributed by atoms with Gasteiger partial charge < -0.3 is 18.8 Å². The van der Waals surface area contributed by atoms with E-state index in [1.807, 2.05) is 10.6 Å². The molecule has 0 unspecified atom stereocenters. The third-order valence-electron chi connectivity index (χ3n) is 5.43. The number of methoxy groups -OCH3 is 2. The molecule has 0 spiro atoms. The van der Waals surface area contributed by atoms with Gasteiger partial charge in [0.1, 0.15) is 0 Å². The molecule has 0 saturated heterocycles. The standard InChI is InChI=1S/C23H30N2O5.H2S/c1-14(26)16-13-25-17(12-18(16)27)21-15(11-20(25)23(2,3)4)10-19(22(24-21)29-6)30-9-7-8-28-5;/h10,12-13,20H,7-9,11H2,1-6H3;1H2/t20-;/m0./s1. The minimum absolute atomic E-state index is 0. The van der Waals surface area contributed by atoms with Gasteiger partial charge in [-0.1, -0.05) is 20.8 Å². The fraction of sp³-hybridized carbons (Fsp3) is 0.522. The number of hydrogen-bond donors (Lipinski definition) is 0. The number of hydrogen-bond acceptors (Lipinski definition) is 6. The van der Waals surface area contributed by atoms with Crippen molar-refractivity contribution in [2.45, 2.75) is 46.6 Å². The number of rotatable bonds is 7. The van der Waals surface area contributed by atoms with Gasteiger partial charge in [0, 0.05) is 38.4 Å². The molecule has 0 N–H and O–H groups in total. The first-order valence-corrected chi connectivity index (χ1v) is 10.1. The fourth-order valence-electron chi connectivity index (χ4n) is 3.82. The highest BCUT2D eigenvalue weighted by molar-refractivity contribution is 7.59. The van der Waals surface area contributed by atoms with Crippen LogP contribution in [0.1, 0.15) is 56.1 Å². The van der Waals surface area contributed by atoms with Gasteiger partial charge in [0.05, 0.1) is 30.7 Å². The lowest BCUT2D eigenvalue weighted by Crippen LogP contribution is -2.33. The number of aromatic nitrogens is 2. The summed E-state index contributed by atoms with van der Waals surface area (Å²) in [6.07, 6.45) is 3.15. The lowest BCUT2D eigenvalue weighted by molar-refractivity contribution is 0.101. The highest BCUT2D eigenvalue weighted by Gasteiger charge is 2.34. The minimum Gasteiger partial charge on any atom is -0.488 e. The summed E-state index contributed by atoms with van der Waals surface area (Å²) in [4.78, 5) is 29.2. The lowest BCUT2D eigenvalue weighted by Gasteiger charge is -2.38. The van der Waals surface area contributed by atoms with Crippen LogP contribution in [0.15, 0.2) is 23.1 Å². The van der Waals surface area contributed by atoms with Gasteiger partial charge in [-0.15, -0.1) is 0 Å². The van der Waals surface area contributed by atoms with Gasteiger partial charge in [-0.25, -0.2) is 4.98 Å². The molecule has 2 aromatic heterocycles. The maximum Gasteiger partial charge on any atom is 0.257 e. The Labute approximate surface area is 190 Å². The lowest BCUT2D eigenvalue weighted by atomic mass is 9.80. The SMILES string of the molecule is COCCCOc1cc2c(nc1OC)-c1cc(=O)c(C(C)=O)cn1[C@H](C(C)(C)C)C2.S. The summed E-state index contributed by atoms with van der Waals surface area (Å²) in [7, 11) is 3.20. The Hall–Kier alpha value is -2.32. The van der Waals surface area contributed by atoms with Crippen LogP contribution in [-0.2, 0) is 11.2 Å². The molecule has 7 nitrogen and oxygen atoms in total. The second kappa shape index (κ2) is 9.87. The maximum absolute atomic E-state index is 12.6. The van der Waals surface area contributed by atoms with Crippen LogP contribution in [0.3, 0.4) is 0 Å². The van der Waals surface area contributed by atoms with E-state index in [0.29, 0.717) is 42.7 Å². The Morgan fingerprint density at radius 3 is 2.52 bits per heavy atom. The third-order valence-corrected chi connectivity index (χ3v) is 5.43. The van der Waals surface area contributed by atoms with E-state index in [9.17, 15) is 9.59 Å². The quantitative estimate of drug-likeness (QED) is 0.474. The number of Topliss-reactive ketones (excluding diaryl/α,β-unsaturated/α-hetero) is 1. The predicted octanol–water partition coefficient (Wildman–Crippen LogP) is 3.79. The molecule has 0 bridgehead atoms. The highest BCUT2D eigenvalue weighted by atomic mass is 32.1. The molecule has 1 atom stereocenters. The first-order valence-electron chi connectivity index (χ1n) is 10.1. The van der Waals surface area contributed by atoms with Crippen LogP contribution in [0.5, 0.6) is 11.6 Å². The number of pyridine rings is 2. The highest BCUT2D eigenvalue weighted by Crippen LogP contribution is 2.44. The van der Waals surface area contributed by atoms with E-state index in [1.54, 1.807) is 20.4 Å². The molecule has 0 fully saturated rings. The summed E-state index contributed by atoms with van der Waals surface area (Å²) in [6.45, 7) is 8.97. The Morgan fingerprint density at radius 1 is 1.23 bits per heavy atom. The van der Waals surface area contributed by atoms with Crippen LogP contribution < -0.4 is 14.9 Å². The van der Waals surface area contributed by atoms with Gasteiger partial charge in [-0.05, 0) is 30.4 Å². The van der Waals surface area contributed by atoms with Crippen molar-refractivity contribution in [3.05, 3.63) is 39.7 Å². The average Bonchev–Trinajstić information content (AvgIpc) is 2.68. The third kappa shape index (κ3) is 5.13. The molecule has 3 rings (SSSR count). The summed E-state index contributed by atoms with van der Waals surface area (Å²) in [5, 5.41) is 0. The fourth-order valence-corrected chi connectivity index (χ4v) is 3.82. The monoisotopic (exact) mass is 448 g/mol. The van der Waals surface area contributed by atoms with Crippen molar-refractivity contribution in [1.82, 2.24) is 9.55 Å².